The van der Waals surface area contributed by atoms with E-state index in [4.69, 9.17) is 9.47 Å². The average Bonchev–Trinajstić information content (AvgIpc) is 2.74. The minimum atomic E-state index is -4.42. The summed E-state index contributed by atoms with van der Waals surface area (Å²) in [5, 5.41) is 4.02. The third-order valence-corrected chi connectivity index (χ3v) is 4.78. The van der Waals surface area contributed by atoms with Gasteiger partial charge < -0.3 is 9.47 Å². The van der Waals surface area contributed by atoms with Crippen molar-refractivity contribution < 1.29 is 22.6 Å². The van der Waals surface area contributed by atoms with Crippen LogP contribution in [0.3, 0.4) is 0 Å². The highest BCUT2D eigenvalue weighted by Crippen LogP contribution is 2.30. The third kappa shape index (κ3) is 6.84. The van der Waals surface area contributed by atoms with Crippen molar-refractivity contribution in [3.8, 4) is 11.5 Å². The first-order chi connectivity index (χ1) is 14.8. The lowest BCUT2D eigenvalue weighted by Crippen LogP contribution is -2.05. The number of ether oxygens (including phenoxy) is 2. The third-order valence-electron chi connectivity index (χ3n) is 4.06. The van der Waals surface area contributed by atoms with E-state index in [1.807, 2.05) is 31.2 Å². The van der Waals surface area contributed by atoms with Crippen LogP contribution in [0.5, 0.6) is 11.5 Å². The van der Waals surface area contributed by atoms with Crippen molar-refractivity contribution in [2.24, 2.45) is 5.10 Å². The molecule has 3 rings (SSSR count). The molecule has 162 valence electrons. The van der Waals surface area contributed by atoms with Crippen molar-refractivity contribution in [3.05, 3.63) is 81.1 Å². The van der Waals surface area contributed by atoms with Gasteiger partial charge in [0.05, 0.1) is 18.4 Å². The number of aromatic nitrogens is 1. The van der Waals surface area contributed by atoms with E-state index in [1.54, 1.807) is 18.2 Å². The number of hydrogen-bond acceptors (Lipinski definition) is 5. The second-order valence-electron chi connectivity index (χ2n) is 6.35. The molecule has 0 bridgehead atoms. The summed E-state index contributed by atoms with van der Waals surface area (Å²) in [5.41, 5.74) is 3.56. The number of benzene rings is 2. The summed E-state index contributed by atoms with van der Waals surface area (Å²) >= 11 is 2.25. The maximum absolute atomic E-state index is 12.6. The number of anilines is 1. The minimum absolute atomic E-state index is 0.201. The fourth-order valence-corrected chi connectivity index (χ4v) is 2.89. The van der Waals surface area contributed by atoms with E-state index in [0.717, 1.165) is 27.0 Å². The van der Waals surface area contributed by atoms with Gasteiger partial charge in [-0.25, -0.2) is 4.98 Å². The van der Waals surface area contributed by atoms with Gasteiger partial charge in [0.15, 0.2) is 11.5 Å². The first kappa shape index (κ1) is 22.9. The molecule has 0 aliphatic heterocycles. The smallest absolute Gasteiger partial charge is 0.417 e. The van der Waals surface area contributed by atoms with E-state index in [9.17, 15) is 13.2 Å². The molecule has 9 heteroatoms. The highest BCUT2D eigenvalue weighted by molar-refractivity contribution is 14.1. The maximum Gasteiger partial charge on any atom is 0.417 e. The topological polar surface area (TPSA) is 55.7 Å². The van der Waals surface area contributed by atoms with Gasteiger partial charge in [-0.2, -0.15) is 18.3 Å². The van der Waals surface area contributed by atoms with Crippen LogP contribution in [0, 0.1) is 3.57 Å². The Kier molecular flexibility index (Phi) is 7.72. The summed E-state index contributed by atoms with van der Waals surface area (Å²) in [5.74, 6) is 1.38. The van der Waals surface area contributed by atoms with E-state index in [2.05, 4.69) is 38.1 Å². The van der Waals surface area contributed by atoms with Crippen molar-refractivity contribution in [1.82, 2.24) is 4.98 Å². The number of nitrogens with one attached hydrogen (secondary N) is 1. The summed E-state index contributed by atoms with van der Waals surface area (Å²) in [7, 11) is 0. The van der Waals surface area contributed by atoms with E-state index in [1.165, 1.54) is 12.3 Å². The van der Waals surface area contributed by atoms with Crippen molar-refractivity contribution >= 4 is 34.6 Å². The molecule has 31 heavy (non-hydrogen) atoms. The Hall–Kier alpha value is -2.82. The predicted octanol–water partition coefficient (Wildman–Crippen LogP) is 6.13. The quantitative estimate of drug-likeness (QED) is 0.212. The van der Waals surface area contributed by atoms with Crippen LogP contribution in [0.1, 0.15) is 23.6 Å². The van der Waals surface area contributed by atoms with Gasteiger partial charge in [-0.3, -0.25) is 5.43 Å². The first-order valence-electron chi connectivity index (χ1n) is 9.31. The average molecular weight is 541 g/mol. The van der Waals surface area contributed by atoms with Gasteiger partial charge >= 0.3 is 6.18 Å². The van der Waals surface area contributed by atoms with Crippen molar-refractivity contribution in [1.29, 1.82) is 0 Å². The summed E-state index contributed by atoms with van der Waals surface area (Å²) in [6, 6.07) is 15.6. The number of rotatable bonds is 8. The standard InChI is InChI=1S/C22H19F3IN3O2/c1-2-30-20-11-16(5-9-19(20)31-14-15-3-7-18(26)8-4-15)12-28-29-21-10-6-17(13-27-21)22(23,24)25/h3-13H,2,14H2,1H3,(H,27,29)/b28-12-. The number of nitrogens with zero attached hydrogens (tertiary/aromatic N) is 2. The Labute approximate surface area is 191 Å². The van der Waals surface area contributed by atoms with Crippen LogP contribution >= 0.6 is 22.6 Å². The zero-order valence-corrected chi connectivity index (χ0v) is 18.6. The lowest BCUT2D eigenvalue weighted by molar-refractivity contribution is -0.137. The predicted molar refractivity (Wildman–Crippen MR) is 122 cm³/mol. The van der Waals surface area contributed by atoms with E-state index >= 15 is 0 Å². The molecular weight excluding hydrogens is 522 g/mol. The second kappa shape index (κ2) is 10.5. The molecule has 0 atom stereocenters. The summed E-state index contributed by atoms with van der Waals surface area (Å²) in [6.45, 7) is 2.75. The molecule has 3 aromatic rings. The molecule has 0 unspecified atom stereocenters. The molecule has 0 saturated carbocycles. The Morgan fingerprint density at radius 3 is 2.45 bits per heavy atom. The van der Waals surface area contributed by atoms with Crippen LogP contribution < -0.4 is 14.9 Å². The molecule has 0 radical (unpaired) electrons. The summed E-state index contributed by atoms with van der Waals surface area (Å²) < 4.78 is 50.5. The fourth-order valence-electron chi connectivity index (χ4n) is 2.53. The minimum Gasteiger partial charge on any atom is -0.490 e. The van der Waals surface area contributed by atoms with Gasteiger partial charge in [-0.1, -0.05) is 12.1 Å². The van der Waals surface area contributed by atoms with Crippen molar-refractivity contribution in [2.75, 3.05) is 12.0 Å². The Bertz CT molecular complexity index is 1020. The molecule has 1 aromatic heterocycles. The SMILES string of the molecule is CCOc1cc(/C=N\Nc2ccc(C(F)(F)F)cn2)ccc1OCc1ccc(I)cc1. The lowest BCUT2D eigenvalue weighted by atomic mass is 10.2. The van der Waals surface area contributed by atoms with Crippen LogP contribution in [-0.4, -0.2) is 17.8 Å². The number of pyridine rings is 1. The molecule has 0 saturated heterocycles. The van der Waals surface area contributed by atoms with Gasteiger partial charge in [0.2, 0.25) is 0 Å². The van der Waals surface area contributed by atoms with Gasteiger partial charge in [-0.15, -0.1) is 0 Å². The summed E-state index contributed by atoms with van der Waals surface area (Å²) in [4.78, 5) is 3.71. The first-order valence-corrected chi connectivity index (χ1v) is 10.4. The maximum atomic E-state index is 12.6. The summed E-state index contributed by atoms with van der Waals surface area (Å²) in [6.07, 6.45) is -2.15. The molecule has 1 heterocycles. The van der Waals surface area contributed by atoms with E-state index in [-0.39, 0.29) is 5.82 Å². The zero-order valence-electron chi connectivity index (χ0n) is 16.5. The monoisotopic (exact) mass is 541 g/mol. The normalized spacial score (nSPS) is 11.5. The molecule has 0 amide bonds. The molecule has 5 nitrogen and oxygen atoms in total. The number of halogens is 4. The molecule has 0 spiro atoms. The van der Waals surface area contributed by atoms with Crippen LogP contribution in [-0.2, 0) is 12.8 Å². The molecule has 1 N–H and O–H groups in total. The van der Waals surface area contributed by atoms with Crippen LogP contribution in [0.15, 0.2) is 65.9 Å². The zero-order chi connectivity index (χ0) is 22.3. The molecular formula is C22H19F3IN3O2. The number of hydrogen-bond donors (Lipinski definition) is 1. The molecule has 0 aliphatic rings. The van der Waals surface area contributed by atoms with Gasteiger partial charge in [-0.05, 0) is 83.1 Å². The van der Waals surface area contributed by atoms with Crippen LogP contribution in [0.2, 0.25) is 0 Å². The van der Waals surface area contributed by atoms with Crippen molar-refractivity contribution in [2.45, 2.75) is 19.7 Å². The Balaban J connectivity index is 1.64. The van der Waals surface area contributed by atoms with E-state index in [0.29, 0.717) is 24.7 Å². The van der Waals surface area contributed by atoms with Crippen molar-refractivity contribution in [3.63, 3.8) is 0 Å². The number of alkyl halides is 3. The molecule has 0 aliphatic carbocycles. The van der Waals surface area contributed by atoms with Gasteiger partial charge in [0.25, 0.3) is 0 Å². The lowest BCUT2D eigenvalue weighted by Gasteiger charge is -2.12. The largest absolute Gasteiger partial charge is 0.490 e. The Morgan fingerprint density at radius 1 is 1.03 bits per heavy atom. The van der Waals surface area contributed by atoms with Crippen LogP contribution in [0.25, 0.3) is 0 Å². The highest BCUT2D eigenvalue weighted by Gasteiger charge is 2.30. The highest BCUT2D eigenvalue weighted by atomic mass is 127. The fraction of sp³-hybridized carbons (Fsp3) is 0.182. The van der Waals surface area contributed by atoms with E-state index < -0.39 is 11.7 Å². The molecule has 2 aromatic carbocycles. The Morgan fingerprint density at radius 2 is 1.81 bits per heavy atom. The van der Waals surface area contributed by atoms with Gasteiger partial charge in [0.1, 0.15) is 12.4 Å². The second-order valence-corrected chi connectivity index (χ2v) is 7.60. The van der Waals surface area contributed by atoms with Crippen LogP contribution in [0.4, 0.5) is 19.0 Å². The number of hydrazone groups is 1. The van der Waals surface area contributed by atoms with Gasteiger partial charge in [0, 0.05) is 9.77 Å². The molecule has 0 fully saturated rings.